The Bertz CT molecular complexity index is 722. The second-order valence-corrected chi connectivity index (χ2v) is 4.23. The number of aliphatic carboxylic acids is 2. The van der Waals surface area contributed by atoms with Crippen LogP contribution in [0.4, 0.5) is 5.82 Å². The van der Waals surface area contributed by atoms with E-state index in [0.717, 1.165) is 0 Å². The van der Waals surface area contributed by atoms with Crippen LogP contribution in [-0.2, 0) is 9.59 Å². The fourth-order valence-corrected chi connectivity index (χ4v) is 1.85. The molecule has 0 fully saturated rings. The quantitative estimate of drug-likeness (QED) is 0.643. The van der Waals surface area contributed by atoms with Gasteiger partial charge >= 0.3 is 11.9 Å². The maximum Gasteiger partial charge on any atom is 0.326 e. The molecule has 1 atom stereocenters. The number of pyridine rings is 1. The Balaban J connectivity index is 2.35. The highest BCUT2D eigenvalue weighted by atomic mass is 16.4. The van der Waals surface area contributed by atoms with Gasteiger partial charge in [0, 0.05) is 5.39 Å². The Morgan fingerprint density at radius 2 is 1.95 bits per heavy atom. The van der Waals surface area contributed by atoms with Crippen molar-refractivity contribution in [3.05, 3.63) is 40.7 Å². The summed E-state index contributed by atoms with van der Waals surface area (Å²) in [7, 11) is 0. The Labute approximate surface area is 112 Å². The summed E-state index contributed by atoms with van der Waals surface area (Å²) in [4.78, 5) is 35.9. The summed E-state index contributed by atoms with van der Waals surface area (Å²) in [5.41, 5.74) is -0.370. The fraction of sp³-hybridized carbons (Fsp3) is 0.154. The van der Waals surface area contributed by atoms with Crippen molar-refractivity contribution < 1.29 is 19.8 Å². The van der Waals surface area contributed by atoms with Gasteiger partial charge in [-0.1, -0.05) is 18.2 Å². The third-order valence-electron chi connectivity index (χ3n) is 2.76. The highest BCUT2D eigenvalue weighted by Gasteiger charge is 2.21. The van der Waals surface area contributed by atoms with Crippen LogP contribution in [0, 0.1) is 0 Å². The third kappa shape index (κ3) is 2.94. The maximum absolute atomic E-state index is 11.8. The molecule has 20 heavy (non-hydrogen) atoms. The van der Waals surface area contributed by atoms with Crippen molar-refractivity contribution in [1.82, 2.24) is 4.98 Å². The molecule has 1 aromatic carbocycles. The van der Waals surface area contributed by atoms with E-state index in [2.05, 4.69) is 10.3 Å². The van der Waals surface area contributed by atoms with Gasteiger partial charge in [-0.3, -0.25) is 9.59 Å². The van der Waals surface area contributed by atoms with E-state index in [9.17, 15) is 14.4 Å². The van der Waals surface area contributed by atoms with E-state index in [1.165, 1.54) is 0 Å². The molecule has 0 radical (unpaired) electrons. The van der Waals surface area contributed by atoms with Gasteiger partial charge in [0.2, 0.25) is 0 Å². The Kier molecular flexibility index (Phi) is 3.69. The summed E-state index contributed by atoms with van der Waals surface area (Å²) >= 11 is 0. The summed E-state index contributed by atoms with van der Waals surface area (Å²) in [6.45, 7) is 0. The smallest absolute Gasteiger partial charge is 0.326 e. The topological polar surface area (TPSA) is 119 Å². The monoisotopic (exact) mass is 276 g/mol. The number of benzene rings is 1. The van der Waals surface area contributed by atoms with Crippen LogP contribution in [0.2, 0.25) is 0 Å². The van der Waals surface area contributed by atoms with Gasteiger partial charge in [-0.2, -0.15) is 0 Å². The number of H-pyrrole nitrogens is 1. The van der Waals surface area contributed by atoms with Gasteiger partial charge in [0.15, 0.2) is 0 Å². The van der Waals surface area contributed by atoms with Gasteiger partial charge in [0.1, 0.15) is 11.9 Å². The number of nitrogens with one attached hydrogen (secondary N) is 2. The van der Waals surface area contributed by atoms with E-state index in [-0.39, 0.29) is 11.4 Å². The average Bonchev–Trinajstić information content (AvgIpc) is 2.37. The molecule has 7 nitrogen and oxygen atoms in total. The summed E-state index contributed by atoms with van der Waals surface area (Å²) in [5, 5.41) is 21.2. The SMILES string of the molecule is O=C(O)CC(Nc1cc2ccccc2c(=O)[nH]1)C(=O)O. The fourth-order valence-electron chi connectivity index (χ4n) is 1.85. The third-order valence-corrected chi connectivity index (χ3v) is 2.76. The number of carbonyl (C=O) groups is 2. The van der Waals surface area contributed by atoms with Crippen molar-refractivity contribution in [3.63, 3.8) is 0 Å². The van der Waals surface area contributed by atoms with Crippen LogP contribution in [0.5, 0.6) is 0 Å². The first-order valence-electron chi connectivity index (χ1n) is 5.80. The van der Waals surface area contributed by atoms with Crippen molar-refractivity contribution in [3.8, 4) is 0 Å². The van der Waals surface area contributed by atoms with E-state index in [1.54, 1.807) is 30.3 Å². The number of hydrogen-bond acceptors (Lipinski definition) is 4. The minimum absolute atomic E-state index is 0.169. The average molecular weight is 276 g/mol. The van der Waals surface area contributed by atoms with Crippen LogP contribution >= 0.6 is 0 Å². The molecule has 0 aliphatic carbocycles. The lowest BCUT2D eigenvalue weighted by Gasteiger charge is -2.13. The van der Waals surface area contributed by atoms with Crippen molar-refractivity contribution in [2.24, 2.45) is 0 Å². The van der Waals surface area contributed by atoms with Gasteiger partial charge in [0.05, 0.1) is 6.42 Å². The van der Waals surface area contributed by atoms with Crippen molar-refractivity contribution in [2.75, 3.05) is 5.32 Å². The summed E-state index contributed by atoms with van der Waals surface area (Å²) < 4.78 is 0. The predicted octanol–water partition coefficient (Wildman–Crippen LogP) is 0.868. The molecule has 0 aliphatic rings. The number of carboxylic acids is 2. The van der Waals surface area contributed by atoms with Gasteiger partial charge in [0.25, 0.3) is 5.56 Å². The molecular weight excluding hydrogens is 264 g/mol. The Morgan fingerprint density at radius 1 is 1.25 bits per heavy atom. The highest BCUT2D eigenvalue weighted by molar-refractivity contribution is 5.86. The van der Waals surface area contributed by atoms with Crippen molar-refractivity contribution in [1.29, 1.82) is 0 Å². The molecule has 7 heteroatoms. The minimum Gasteiger partial charge on any atom is -0.481 e. The summed E-state index contributed by atoms with van der Waals surface area (Å²) in [6.07, 6.45) is -0.593. The van der Waals surface area contributed by atoms with Crippen LogP contribution in [0.1, 0.15) is 6.42 Å². The first kappa shape index (κ1) is 13.6. The molecule has 0 spiro atoms. The first-order chi connectivity index (χ1) is 9.47. The molecule has 0 saturated carbocycles. The molecular formula is C13H12N2O5. The number of aromatic nitrogens is 1. The molecule has 4 N–H and O–H groups in total. The predicted molar refractivity (Wildman–Crippen MR) is 71.9 cm³/mol. The Hall–Kier alpha value is -2.83. The number of anilines is 1. The van der Waals surface area contributed by atoms with Gasteiger partial charge in [-0.15, -0.1) is 0 Å². The van der Waals surface area contributed by atoms with Crippen LogP contribution in [0.15, 0.2) is 35.1 Å². The van der Waals surface area contributed by atoms with Gasteiger partial charge < -0.3 is 20.5 Å². The van der Waals surface area contributed by atoms with E-state index in [0.29, 0.717) is 10.8 Å². The standard InChI is InChI=1S/C13H12N2O5/c16-11(17)6-9(13(19)20)14-10-5-7-3-1-2-4-8(7)12(18)15-10/h1-5,9H,6H2,(H,16,17)(H,19,20)(H2,14,15,18). The lowest BCUT2D eigenvalue weighted by atomic mass is 10.1. The van der Waals surface area contributed by atoms with Crippen LogP contribution < -0.4 is 10.9 Å². The molecule has 0 aliphatic heterocycles. The zero-order valence-electron chi connectivity index (χ0n) is 10.3. The number of fused-ring (bicyclic) bond motifs is 1. The van der Waals surface area contributed by atoms with E-state index in [1.807, 2.05) is 0 Å². The molecule has 1 unspecified atom stereocenters. The van der Waals surface area contributed by atoms with Crippen LogP contribution in [-0.4, -0.2) is 33.2 Å². The lowest BCUT2D eigenvalue weighted by Crippen LogP contribution is -2.32. The van der Waals surface area contributed by atoms with Crippen LogP contribution in [0.25, 0.3) is 10.8 Å². The van der Waals surface area contributed by atoms with E-state index in [4.69, 9.17) is 10.2 Å². The normalized spacial score (nSPS) is 12.0. The summed E-state index contributed by atoms with van der Waals surface area (Å²) in [6, 6.07) is 7.07. The number of hydrogen-bond donors (Lipinski definition) is 4. The van der Waals surface area contributed by atoms with Gasteiger partial charge in [-0.25, -0.2) is 4.79 Å². The first-order valence-corrected chi connectivity index (χ1v) is 5.80. The molecule has 0 amide bonds. The zero-order chi connectivity index (χ0) is 14.7. The van der Waals surface area contributed by atoms with E-state index >= 15 is 0 Å². The van der Waals surface area contributed by atoms with Crippen LogP contribution in [0.3, 0.4) is 0 Å². The van der Waals surface area contributed by atoms with Gasteiger partial charge in [-0.05, 0) is 17.5 Å². The number of carboxylic acid groups (broad SMARTS) is 2. The lowest BCUT2D eigenvalue weighted by molar-refractivity contribution is -0.144. The maximum atomic E-state index is 11.8. The van der Waals surface area contributed by atoms with Crippen molar-refractivity contribution in [2.45, 2.75) is 12.5 Å². The Morgan fingerprint density at radius 3 is 2.60 bits per heavy atom. The summed E-state index contributed by atoms with van der Waals surface area (Å²) in [5.74, 6) is -2.38. The van der Waals surface area contributed by atoms with E-state index < -0.39 is 24.4 Å². The number of rotatable bonds is 5. The largest absolute Gasteiger partial charge is 0.481 e. The number of aromatic amines is 1. The molecule has 2 rings (SSSR count). The second-order valence-electron chi connectivity index (χ2n) is 4.23. The zero-order valence-corrected chi connectivity index (χ0v) is 10.3. The molecule has 1 aromatic heterocycles. The molecule has 104 valence electrons. The highest BCUT2D eigenvalue weighted by Crippen LogP contribution is 2.14. The van der Waals surface area contributed by atoms with Crippen molar-refractivity contribution >= 4 is 28.5 Å². The molecule has 2 aromatic rings. The molecule has 0 bridgehead atoms. The second kappa shape index (κ2) is 5.43. The molecule has 0 saturated heterocycles. The minimum atomic E-state index is -1.32. The molecule has 1 heterocycles.